The lowest BCUT2D eigenvalue weighted by Gasteiger charge is -2.19. The fourth-order valence-electron chi connectivity index (χ4n) is 1.53. The van der Waals surface area contributed by atoms with Crippen LogP contribution in [0.3, 0.4) is 0 Å². The molecule has 2 N–H and O–H groups in total. The third kappa shape index (κ3) is 4.31. The molecule has 0 radical (unpaired) electrons. The van der Waals surface area contributed by atoms with Crippen LogP contribution < -0.4 is 0 Å². The predicted octanol–water partition coefficient (Wildman–Crippen LogP) is 1.58. The molecule has 0 unspecified atom stereocenters. The quantitative estimate of drug-likeness (QED) is 0.739. The van der Waals surface area contributed by atoms with Crippen LogP contribution in [-0.2, 0) is 11.3 Å². The van der Waals surface area contributed by atoms with Gasteiger partial charge in [-0.15, -0.1) is 0 Å². The molecule has 0 heterocycles. The first-order valence-corrected chi connectivity index (χ1v) is 5.68. The number of aliphatic hydroxyl groups is 2. The lowest BCUT2D eigenvalue weighted by Crippen LogP contribution is -2.27. The summed E-state index contributed by atoms with van der Waals surface area (Å²) in [6, 6.07) is 9.83. The molecule has 0 aromatic heterocycles. The molecule has 3 heteroatoms. The summed E-state index contributed by atoms with van der Waals surface area (Å²) in [5.41, 5.74) is 1.09. The molecule has 1 aromatic rings. The van der Waals surface area contributed by atoms with Gasteiger partial charge < -0.3 is 14.9 Å². The van der Waals surface area contributed by atoms with E-state index in [2.05, 4.69) is 0 Å². The molecule has 1 aromatic carbocycles. The van der Waals surface area contributed by atoms with E-state index < -0.39 is 6.10 Å². The maximum absolute atomic E-state index is 9.70. The van der Waals surface area contributed by atoms with Gasteiger partial charge in [0, 0.05) is 12.5 Å². The van der Waals surface area contributed by atoms with E-state index in [1.165, 1.54) is 0 Å². The van der Waals surface area contributed by atoms with Crippen molar-refractivity contribution in [3.8, 4) is 0 Å². The monoisotopic (exact) mass is 224 g/mol. The van der Waals surface area contributed by atoms with Crippen molar-refractivity contribution < 1.29 is 14.9 Å². The van der Waals surface area contributed by atoms with Crippen molar-refractivity contribution in [2.75, 3.05) is 13.2 Å². The summed E-state index contributed by atoms with van der Waals surface area (Å²) >= 11 is 0. The Morgan fingerprint density at radius 2 is 1.94 bits per heavy atom. The molecular weight excluding hydrogens is 204 g/mol. The maximum atomic E-state index is 9.70. The molecule has 0 saturated carbocycles. The van der Waals surface area contributed by atoms with Gasteiger partial charge in [0.1, 0.15) is 0 Å². The zero-order valence-electron chi connectivity index (χ0n) is 9.67. The van der Waals surface area contributed by atoms with Crippen LogP contribution in [0, 0.1) is 5.92 Å². The summed E-state index contributed by atoms with van der Waals surface area (Å²) in [4.78, 5) is 0. The van der Waals surface area contributed by atoms with Crippen molar-refractivity contribution in [2.24, 2.45) is 5.92 Å². The maximum Gasteiger partial charge on any atom is 0.0823 e. The van der Waals surface area contributed by atoms with E-state index in [-0.39, 0.29) is 19.1 Å². The van der Waals surface area contributed by atoms with Crippen LogP contribution >= 0.6 is 0 Å². The standard InChI is InChI=1S/C13H20O3/c1-2-12(8-14)13(15)10-16-9-11-6-4-3-5-7-11/h3-7,12-15H,2,8-10H2,1H3/t12-,13+/m1/s1. The van der Waals surface area contributed by atoms with Gasteiger partial charge in [-0.2, -0.15) is 0 Å². The van der Waals surface area contributed by atoms with Gasteiger partial charge in [0.05, 0.1) is 19.3 Å². The highest BCUT2D eigenvalue weighted by Crippen LogP contribution is 2.09. The normalized spacial score (nSPS) is 14.7. The van der Waals surface area contributed by atoms with Crippen LogP contribution in [-0.4, -0.2) is 29.5 Å². The molecule has 0 aliphatic heterocycles. The van der Waals surface area contributed by atoms with Crippen LogP contribution in [0.25, 0.3) is 0 Å². The number of ether oxygens (including phenoxy) is 1. The van der Waals surface area contributed by atoms with E-state index in [1.807, 2.05) is 37.3 Å². The van der Waals surface area contributed by atoms with Crippen LogP contribution in [0.2, 0.25) is 0 Å². The van der Waals surface area contributed by atoms with Gasteiger partial charge in [0.15, 0.2) is 0 Å². The van der Waals surface area contributed by atoms with E-state index in [9.17, 15) is 5.11 Å². The van der Waals surface area contributed by atoms with Gasteiger partial charge in [-0.1, -0.05) is 37.3 Å². The zero-order valence-corrected chi connectivity index (χ0v) is 9.67. The highest BCUT2D eigenvalue weighted by molar-refractivity contribution is 5.13. The second-order valence-electron chi connectivity index (χ2n) is 3.92. The summed E-state index contributed by atoms with van der Waals surface area (Å²) < 4.78 is 5.40. The van der Waals surface area contributed by atoms with Crippen LogP contribution in [0.5, 0.6) is 0 Å². The van der Waals surface area contributed by atoms with E-state index in [4.69, 9.17) is 9.84 Å². The zero-order chi connectivity index (χ0) is 11.8. The second-order valence-corrected chi connectivity index (χ2v) is 3.92. The number of hydrogen-bond acceptors (Lipinski definition) is 3. The topological polar surface area (TPSA) is 49.7 Å². The molecule has 16 heavy (non-hydrogen) atoms. The minimum absolute atomic E-state index is 0.00631. The number of benzene rings is 1. The van der Waals surface area contributed by atoms with Gasteiger partial charge in [-0.3, -0.25) is 0 Å². The molecule has 0 bridgehead atoms. The largest absolute Gasteiger partial charge is 0.396 e. The fourth-order valence-corrected chi connectivity index (χ4v) is 1.53. The van der Waals surface area contributed by atoms with Crippen molar-refractivity contribution in [2.45, 2.75) is 26.1 Å². The SMILES string of the molecule is CC[C@H](CO)[C@@H](O)COCc1ccccc1. The summed E-state index contributed by atoms with van der Waals surface area (Å²) in [5, 5.41) is 18.7. The first-order chi connectivity index (χ1) is 7.77. The molecule has 90 valence electrons. The summed E-state index contributed by atoms with van der Waals surface area (Å²) in [6.07, 6.45) is 0.172. The third-order valence-electron chi connectivity index (χ3n) is 2.70. The Hall–Kier alpha value is -0.900. The number of rotatable bonds is 7. The Bertz CT molecular complexity index is 270. The van der Waals surface area contributed by atoms with Crippen molar-refractivity contribution in [1.82, 2.24) is 0 Å². The van der Waals surface area contributed by atoms with Gasteiger partial charge in [-0.25, -0.2) is 0 Å². The Balaban J connectivity index is 2.25. The third-order valence-corrected chi connectivity index (χ3v) is 2.70. The molecule has 0 fully saturated rings. The van der Waals surface area contributed by atoms with E-state index in [0.29, 0.717) is 6.61 Å². The highest BCUT2D eigenvalue weighted by Gasteiger charge is 2.16. The van der Waals surface area contributed by atoms with Crippen LogP contribution in [0.1, 0.15) is 18.9 Å². The van der Waals surface area contributed by atoms with E-state index in [0.717, 1.165) is 12.0 Å². The van der Waals surface area contributed by atoms with Crippen LogP contribution in [0.4, 0.5) is 0 Å². The molecule has 2 atom stereocenters. The van der Waals surface area contributed by atoms with Gasteiger partial charge in [0.2, 0.25) is 0 Å². The Morgan fingerprint density at radius 1 is 1.25 bits per heavy atom. The minimum atomic E-state index is -0.585. The molecule has 1 rings (SSSR count). The van der Waals surface area contributed by atoms with Crippen molar-refractivity contribution >= 4 is 0 Å². The van der Waals surface area contributed by atoms with Crippen molar-refractivity contribution in [3.63, 3.8) is 0 Å². The smallest absolute Gasteiger partial charge is 0.0823 e. The Kier molecular flexibility index (Phi) is 6.08. The van der Waals surface area contributed by atoms with Crippen molar-refractivity contribution in [3.05, 3.63) is 35.9 Å². The summed E-state index contributed by atoms with van der Waals surface area (Å²) in [5.74, 6) is -0.0872. The number of hydrogen-bond donors (Lipinski definition) is 2. The predicted molar refractivity (Wildman–Crippen MR) is 63.0 cm³/mol. The molecule has 0 aliphatic carbocycles. The summed E-state index contributed by atoms with van der Waals surface area (Å²) in [6.45, 7) is 2.72. The highest BCUT2D eigenvalue weighted by atomic mass is 16.5. The average molecular weight is 224 g/mol. The van der Waals surface area contributed by atoms with Gasteiger partial charge in [-0.05, 0) is 12.0 Å². The van der Waals surface area contributed by atoms with E-state index in [1.54, 1.807) is 0 Å². The second kappa shape index (κ2) is 7.39. The molecule has 0 aliphatic rings. The number of aliphatic hydroxyl groups excluding tert-OH is 2. The van der Waals surface area contributed by atoms with E-state index >= 15 is 0 Å². The van der Waals surface area contributed by atoms with Gasteiger partial charge >= 0.3 is 0 Å². The first-order valence-electron chi connectivity index (χ1n) is 5.68. The molecule has 0 spiro atoms. The molecule has 0 saturated heterocycles. The average Bonchev–Trinajstić information content (AvgIpc) is 2.32. The minimum Gasteiger partial charge on any atom is -0.396 e. The fraction of sp³-hybridized carbons (Fsp3) is 0.538. The van der Waals surface area contributed by atoms with Crippen LogP contribution in [0.15, 0.2) is 30.3 Å². The van der Waals surface area contributed by atoms with Gasteiger partial charge in [0.25, 0.3) is 0 Å². The Morgan fingerprint density at radius 3 is 2.50 bits per heavy atom. The summed E-state index contributed by atoms with van der Waals surface area (Å²) in [7, 11) is 0. The molecule has 3 nitrogen and oxygen atoms in total. The lowest BCUT2D eigenvalue weighted by atomic mass is 10.0. The molecule has 0 amide bonds. The molecular formula is C13H20O3. The first kappa shape index (κ1) is 13.2. The lowest BCUT2D eigenvalue weighted by molar-refractivity contribution is -0.0171. The Labute approximate surface area is 96.7 Å². The van der Waals surface area contributed by atoms with Crippen molar-refractivity contribution in [1.29, 1.82) is 0 Å².